The van der Waals surface area contributed by atoms with E-state index in [0.717, 1.165) is 35.2 Å². The van der Waals surface area contributed by atoms with E-state index in [2.05, 4.69) is 5.32 Å². The molecule has 1 aromatic carbocycles. The van der Waals surface area contributed by atoms with Crippen molar-refractivity contribution >= 4 is 22.7 Å². The zero-order chi connectivity index (χ0) is 23.7. The van der Waals surface area contributed by atoms with E-state index in [-0.39, 0.29) is 30.4 Å². The molecule has 7 heteroatoms. The number of hydrogen-bond donors (Lipinski definition) is 2. The zero-order valence-corrected chi connectivity index (χ0v) is 19.7. The van der Waals surface area contributed by atoms with Gasteiger partial charge in [-0.05, 0) is 61.6 Å². The van der Waals surface area contributed by atoms with Crippen LogP contribution in [0.4, 0.5) is 0 Å². The summed E-state index contributed by atoms with van der Waals surface area (Å²) < 4.78 is 13.7. The summed E-state index contributed by atoms with van der Waals surface area (Å²) in [5.41, 5.74) is 1.85. The van der Waals surface area contributed by atoms with Crippen molar-refractivity contribution in [3.63, 3.8) is 0 Å². The second kappa shape index (κ2) is 9.92. The summed E-state index contributed by atoms with van der Waals surface area (Å²) >= 11 is 0. The first-order valence-corrected chi connectivity index (χ1v) is 12.6. The molecule has 0 spiro atoms. The summed E-state index contributed by atoms with van der Waals surface area (Å²) in [5, 5.41) is 13.3. The van der Waals surface area contributed by atoms with Crippen LogP contribution < -0.4 is 5.32 Å². The molecule has 5 rings (SSSR count). The van der Waals surface area contributed by atoms with E-state index in [9.17, 15) is 9.59 Å². The van der Waals surface area contributed by atoms with Crippen LogP contribution in [0.2, 0.25) is 0 Å². The molecule has 2 aliphatic carbocycles. The van der Waals surface area contributed by atoms with Gasteiger partial charge in [0.2, 0.25) is 12.2 Å². The summed E-state index contributed by atoms with van der Waals surface area (Å²) in [6.45, 7) is 2.13. The van der Waals surface area contributed by atoms with E-state index < -0.39 is 6.29 Å². The van der Waals surface area contributed by atoms with Gasteiger partial charge in [-0.1, -0.05) is 24.6 Å². The highest BCUT2D eigenvalue weighted by atomic mass is 16.7. The molecule has 2 bridgehead atoms. The minimum absolute atomic E-state index is 0.0513. The molecule has 1 amide bonds. The monoisotopic (exact) mass is 466 g/mol. The number of ether oxygens (including phenoxy) is 2. The molecule has 0 saturated heterocycles. The number of nitrogens with one attached hydrogen (secondary N) is 1. The van der Waals surface area contributed by atoms with E-state index >= 15 is 0 Å². The Bertz CT molecular complexity index is 1090. The SMILES string of the molecule is CC(=O)n1cc([C@@H]2C=C(C(=O)NC3CC4CCC3C4)O[C@H](OCCCCO)C2)c2ccccc21. The van der Waals surface area contributed by atoms with E-state index in [0.29, 0.717) is 31.1 Å². The van der Waals surface area contributed by atoms with Gasteiger partial charge in [-0.15, -0.1) is 0 Å². The number of allylic oxidation sites excluding steroid dienone is 1. The Morgan fingerprint density at radius 1 is 1.18 bits per heavy atom. The van der Waals surface area contributed by atoms with Crippen LogP contribution in [0.15, 0.2) is 42.3 Å². The van der Waals surface area contributed by atoms with Gasteiger partial charge in [0, 0.05) is 43.5 Å². The van der Waals surface area contributed by atoms with Crippen molar-refractivity contribution in [2.75, 3.05) is 13.2 Å². The van der Waals surface area contributed by atoms with E-state index in [1.807, 2.05) is 36.5 Å². The maximum atomic E-state index is 13.3. The van der Waals surface area contributed by atoms with Gasteiger partial charge in [0.25, 0.3) is 5.91 Å². The second-order valence-corrected chi connectivity index (χ2v) is 9.97. The number of fused-ring (bicyclic) bond motifs is 3. The summed E-state index contributed by atoms with van der Waals surface area (Å²) in [4.78, 5) is 25.5. The number of aliphatic hydroxyl groups is 1. The topological polar surface area (TPSA) is 89.8 Å². The fourth-order valence-corrected chi connectivity index (χ4v) is 5.99. The van der Waals surface area contributed by atoms with Crippen molar-refractivity contribution < 1.29 is 24.2 Å². The predicted octanol–water partition coefficient (Wildman–Crippen LogP) is 4.11. The van der Waals surface area contributed by atoms with Crippen LogP contribution in [0.25, 0.3) is 10.9 Å². The smallest absolute Gasteiger partial charge is 0.286 e. The lowest BCUT2D eigenvalue weighted by molar-refractivity contribution is -0.147. The number of benzene rings is 1. The van der Waals surface area contributed by atoms with Gasteiger partial charge < -0.3 is 19.9 Å². The van der Waals surface area contributed by atoms with Crippen molar-refractivity contribution in [3.05, 3.63) is 47.9 Å². The Morgan fingerprint density at radius 2 is 2.03 bits per heavy atom. The first kappa shape index (κ1) is 23.1. The number of hydrogen-bond acceptors (Lipinski definition) is 5. The Kier molecular flexibility index (Phi) is 6.75. The fourth-order valence-electron chi connectivity index (χ4n) is 5.99. The van der Waals surface area contributed by atoms with Gasteiger partial charge in [-0.2, -0.15) is 0 Å². The van der Waals surface area contributed by atoms with E-state index in [1.165, 1.54) is 19.3 Å². The van der Waals surface area contributed by atoms with Crippen molar-refractivity contribution in [2.45, 2.75) is 70.1 Å². The number of aromatic nitrogens is 1. The first-order chi connectivity index (χ1) is 16.5. The number of aliphatic hydroxyl groups excluding tert-OH is 1. The van der Waals surface area contributed by atoms with Gasteiger partial charge >= 0.3 is 0 Å². The van der Waals surface area contributed by atoms with E-state index in [4.69, 9.17) is 14.6 Å². The predicted molar refractivity (Wildman–Crippen MR) is 128 cm³/mol. The molecule has 2 N–H and O–H groups in total. The standard InChI is InChI=1S/C27H34N2O5/c1-17(31)29-16-22(21-6-2-3-7-24(21)29)20-14-25(34-26(15-20)33-11-5-4-10-30)27(32)28-23-13-18-8-9-19(23)12-18/h2-3,6-7,14,16,18-20,23,26,30H,4-5,8-13,15H2,1H3,(H,28,32)/t18?,19?,20-,23?,26+/m1/s1. The van der Waals surface area contributed by atoms with Crippen molar-refractivity contribution in [2.24, 2.45) is 11.8 Å². The van der Waals surface area contributed by atoms with Gasteiger partial charge in [-0.25, -0.2) is 0 Å². The Balaban J connectivity index is 1.41. The lowest BCUT2D eigenvalue weighted by Crippen LogP contribution is -2.41. The van der Waals surface area contributed by atoms with Gasteiger partial charge in [-0.3, -0.25) is 14.2 Å². The summed E-state index contributed by atoms with van der Waals surface area (Å²) in [6, 6.07) is 8.06. The lowest BCUT2D eigenvalue weighted by Gasteiger charge is -2.30. The first-order valence-electron chi connectivity index (χ1n) is 12.6. The fraction of sp³-hybridized carbons (Fsp3) is 0.556. The highest BCUT2D eigenvalue weighted by Crippen LogP contribution is 2.44. The molecule has 0 radical (unpaired) electrons. The number of carbonyl (C=O) groups excluding carboxylic acids is 2. The lowest BCUT2D eigenvalue weighted by atomic mass is 9.92. The van der Waals surface area contributed by atoms with Crippen molar-refractivity contribution in [3.8, 4) is 0 Å². The van der Waals surface area contributed by atoms with Crippen LogP contribution >= 0.6 is 0 Å². The summed E-state index contributed by atoms with van der Waals surface area (Å²) in [5.74, 6) is 1.26. The average molecular weight is 467 g/mol. The van der Waals surface area contributed by atoms with Crippen LogP contribution in [-0.2, 0) is 14.3 Å². The molecular formula is C27H34N2O5. The minimum atomic E-state index is -0.561. The Morgan fingerprint density at radius 3 is 2.76 bits per heavy atom. The number of amides is 1. The molecule has 34 heavy (non-hydrogen) atoms. The number of rotatable bonds is 8. The van der Waals surface area contributed by atoms with Gasteiger partial charge in [0.15, 0.2) is 5.76 Å². The third-order valence-electron chi connectivity index (χ3n) is 7.67. The van der Waals surface area contributed by atoms with Crippen molar-refractivity contribution in [1.29, 1.82) is 0 Å². The molecule has 182 valence electrons. The molecule has 3 unspecified atom stereocenters. The molecule has 3 aliphatic rings. The molecule has 2 aromatic rings. The molecular weight excluding hydrogens is 432 g/mol. The third-order valence-corrected chi connectivity index (χ3v) is 7.67. The minimum Gasteiger partial charge on any atom is -0.459 e. The number of carbonyl (C=O) groups is 2. The van der Waals surface area contributed by atoms with Crippen LogP contribution in [0.5, 0.6) is 0 Å². The second-order valence-electron chi connectivity index (χ2n) is 9.97. The zero-order valence-electron chi connectivity index (χ0n) is 19.7. The average Bonchev–Trinajstić information content (AvgIpc) is 3.56. The third kappa shape index (κ3) is 4.64. The van der Waals surface area contributed by atoms with Crippen molar-refractivity contribution in [1.82, 2.24) is 9.88 Å². The Labute approximate surface area is 200 Å². The number of para-hydroxylation sites is 1. The van der Waals surface area contributed by atoms with Crippen LogP contribution in [0.3, 0.4) is 0 Å². The highest BCUT2D eigenvalue weighted by molar-refractivity contribution is 5.95. The normalized spacial score (nSPS) is 28.1. The quantitative estimate of drug-likeness (QED) is 0.572. The van der Waals surface area contributed by atoms with E-state index in [1.54, 1.807) is 11.5 Å². The molecule has 1 aromatic heterocycles. The summed E-state index contributed by atoms with van der Waals surface area (Å²) in [6.07, 6.45) is 9.90. The number of unbranched alkanes of at least 4 members (excludes halogenated alkanes) is 1. The Hall–Kier alpha value is -2.64. The largest absolute Gasteiger partial charge is 0.459 e. The number of nitrogens with zero attached hydrogens (tertiary/aromatic N) is 1. The maximum Gasteiger partial charge on any atom is 0.286 e. The maximum absolute atomic E-state index is 13.3. The molecule has 2 fully saturated rings. The molecule has 1 aliphatic heterocycles. The highest BCUT2D eigenvalue weighted by Gasteiger charge is 2.41. The molecule has 2 saturated carbocycles. The van der Waals surface area contributed by atoms with Crippen LogP contribution in [0.1, 0.15) is 68.1 Å². The van der Waals surface area contributed by atoms with Crippen LogP contribution in [0, 0.1) is 11.8 Å². The van der Waals surface area contributed by atoms with Crippen LogP contribution in [-0.4, -0.2) is 47.0 Å². The van der Waals surface area contributed by atoms with Gasteiger partial charge in [0.05, 0.1) is 12.1 Å². The summed E-state index contributed by atoms with van der Waals surface area (Å²) in [7, 11) is 0. The molecule has 7 nitrogen and oxygen atoms in total. The van der Waals surface area contributed by atoms with Gasteiger partial charge in [0.1, 0.15) is 0 Å². The molecule has 5 atom stereocenters. The molecule has 2 heterocycles.